The van der Waals surface area contributed by atoms with Crippen LogP contribution in [0.1, 0.15) is 32.3 Å². The molecule has 21 heavy (non-hydrogen) atoms. The highest BCUT2D eigenvalue weighted by Gasteiger charge is 2.34. The fraction of sp³-hybridized carbons (Fsp3) is 0.467. The smallest absolute Gasteiger partial charge is 0.231 e. The summed E-state index contributed by atoms with van der Waals surface area (Å²) in [5, 5.41) is 5.99. The molecule has 114 valence electrons. The topological polar surface area (TPSA) is 84.2 Å². The van der Waals surface area contributed by atoms with Gasteiger partial charge in [0.05, 0.1) is 22.5 Å². The molecule has 1 aromatic carbocycles. The molecule has 0 atom stereocenters. The lowest BCUT2D eigenvalue weighted by atomic mass is 9.81. The first-order valence-corrected chi connectivity index (χ1v) is 7.47. The van der Waals surface area contributed by atoms with E-state index in [4.69, 9.17) is 17.3 Å². The quantitative estimate of drug-likeness (QED) is 0.781. The molecule has 0 aliphatic carbocycles. The number of halogens is 1. The number of rotatable bonds is 5. The third kappa shape index (κ3) is 2.89. The van der Waals surface area contributed by atoms with Crippen molar-refractivity contribution in [2.45, 2.75) is 33.1 Å². The maximum Gasteiger partial charge on any atom is 0.231 e. The molecule has 5 nitrogen and oxygen atoms in total. The molecular formula is C15H20ClN3O2. The maximum atomic E-state index is 12.5. The Morgan fingerprint density at radius 1 is 1.43 bits per heavy atom. The number of hydrogen-bond donors (Lipinski definition) is 3. The Kier molecular flexibility index (Phi) is 4.54. The fourth-order valence-corrected chi connectivity index (χ4v) is 2.76. The zero-order chi connectivity index (χ0) is 15.6. The summed E-state index contributed by atoms with van der Waals surface area (Å²) in [4.78, 5) is 23.9. The Morgan fingerprint density at radius 3 is 2.67 bits per heavy atom. The molecule has 6 heteroatoms. The largest absolute Gasteiger partial charge is 0.329 e. The van der Waals surface area contributed by atoms with E-state index in [0.29, 0.717) is 35.7 Å². The molecule has 0 aromatic heterocycles. The van der Waals surface area contributed by atoms with Crippen LogP contribution in [0.5, 0.6) is 0 Å². The number of nitrogens with one attached hydrogen (secondary N) is 2. The van der Waals surface area contributed by atoms with Crippen LogP contribution in [-0.2, 0) is 16.0 Å². The van der Waals surface area contributed by atoms with E-state index in [1.165, 1.54) is 0 Å². The van der Waals surface area contributed by atoms with E-state index in [0.717, 1.165) is 5.56 Å². The molecule has 0 radical (unpaired) electrons. The van der Waals surface area contributed by atoms with Crippen LogP contribution in [-0.4, -0.2) is 18.4 Å². The van der Waals surface area contributed by atoms with Crippen LogP contribution in [0.15, 0.2) is 12.1 Å². The number of nitrogens with two attached hydrogens (primary N) is 1. The number of benzene rings is 1. The van der Waals surface area contributed by atoms with Crippen molar-refractivity contribution in [3.63, 3.8) is 0 Å². The molecule has 0 spiro atoms. The van der Waals surface area contributed by atoms with Crippen molar-refractivity contribution in [2.24, 2.45) is 11.1 Å². The van der Waals surface area contributed by atoms with Crippen molar-refractivity contribution in [3.05, 3.63) is 22.7 Å². The summed E-state index contributed by atoms with van der Waals surface area (Å²) >= 11 is 6.18. The molecule has 1 aromatic rings. The SMILES string of the molecule is CCC(CC)(CN)C(=O)Nc1cc2c(cc1Cl)NC(=O)C2. The normalized spacial score (nSPS) is 13.8. The summed E-state index contributed by atoms with van der Waals surface area (Å²) in [6, 6.07) is 3.42. The van der Waals surface area contributed by atoms with E-state index in [2.05, 4.69) is 10.6 Å². The fourth-order valence-electron chi connectivity index (χ4n) is 2.55. The molecule has 1 heterocycles. The molecule has 1 aliphatic rings. The van der Waals surface area contributed by atoms with Crippen molar-refractivity contribution in [2.75, 3.05) is 17.2 Å². The van der Waals surface area contributed by atoms with Gasteiger partial charge >= 0.3 is 0 Å². The Balaban J connectivity index is 2.26. The molecule has 1 aliphatic heterocycles. The lowest BCUT2D eigenvalue weighted by molar-refractivity contribution is -0.125. The summed E-state index contributed by atoms with van der Waals surface area (Å²) in [7, 11) is 0. The van der Waals surface area contributed by atoms with Crippen molar-refractivity contribution in [3.8, 4) is 0 Å². The summed E-state index contributed by atoms with van der Waals surface area (Å²) < 4.78 is 0. The average Bonchev–Trinajstić information content (AvgIpc) is 2.81. The highest BCUT2D eigenvalue weighted by Crippen LogP contribution is 2.34. The summed E-state index contributed by atoms with van der Waals surface area (Å²) in [6.07, 6.45) is 1.63. The first-order chi connectivity index (χ1) is 9.95. The predicted molar refractivity (Wildman–Crippen MR) is 84.5 cm³/mol. The van der Waals surface area contributed by atoms with Crippen LogP contribution in [0, 0.1) is 5.41 Å². The van der Waals surface area contributed by atoms with E-state index < -0.39 is 5.41 Å². The second-order valence-corrected chi connectivity index (χ2v) is 5.77. The number of amides is 2. The van der Waals surface area contributed by atoms with Crippen LogP contribution in [0.3, 0.4) is 0 Å². The zero-order valence-corrected chi connectivity index (χ0v) is 13.0. The van der Waals surface area contributed by atoms with Crippen LogP contribution in [0.4, 0.5) is 11.4 Å². The van der Waals surface area contributed by atoms with Crippen LogP contribution in [0.2, 0.25) is 5.02 Å². The van der Waals surface area contributed by atoms with Crippen molar-refractivity contribution >= 4 is 34.8 Å². The molecule has 0 saturated heterocycles. The standard InChI is InChI=1S/C15H20ClN3O2/c1-3-15(4-2,8-17)14(21)19-12-5-9-6-13(20)18-11(9)7-10(12)16/h5,7H,3-4,6,8,17H2,1-2H3,(H,18,20)(H,19,21). The Labute approximate surface area is 129 Å². The Morgan fingerprint density at radius 2 is 2.10 bits per heavy atom. The number of hydrogen-bond acceptors (Lipinski definition) is 3. The van der Waals surface area contributed by atoms with Gasteiger partial charge in [-0.3, -0.25) is 9.59 Å². The minimum atomic E-state index is -0.587. The number of carbonyl (C=O) groups excluding carboxylic acids is 2. The molecule has 4 N–H and O–H groups in total. The molecule has 0 bridgehead atoms. The lowest BCUT2D eigenvalue weighted by Crippen LogP contribution is -2.41. The van der Waals surface area contributed by atoms with E-state index in [1.54, 1.807) is 12.1 Å². The predicted octanol–water partition coefficient (Wildman–Crippen LogP) is 2.54. The van der Waals surface area contributed by atoms with Gasteiger partial charge in [0.25, 0.3) is 0 Å². The summed E-state index contributed by atoms with van der Waals surface area (Å²) in [6.45, 7) is 4.18. The van der Waals surface area contributed by atoms with E-state index in [-0.39, 0.29) is 18.4 Å². The number of anilines is 2. The first kappa shape index (κ1) is 15.8. The van der Waals surface area contributed by atoms with Gasteiger partial charge in [-0.1, -0.05) is 25.4 Å². The second kappa shape index (κ2) is 6.03. The highest BCUT2D eigenvalue weighted by molar-refractivity contribution is 6.34. The van der Waals surface area contributed by atoms with Gasteiger partial charge in [0, 0.05) is 12.2 Å². The van der Waals surface area contributed by atoms with Gasteiger partial charge in [0.15, 0.2) is 0 Å². The van der Waals surface area contributed by atoms with Gasteiger partial charge in [0.1, 0.15) is 0 Å². The Hall–Kier alpha value is -1.59. The minimum absolute atomic E-state index is 0.0667. The van der Waals surface area contributed by atoms with Crippen molar-refractivity contribution in [1.82, 2.24) is 0 Å². The molecular weight excluding hydrogens is 290 g/mol. The van der Waals surface area contributed by atoms with E-state index >= 15 is 0 Å². The van der Waals surface area contributed by atoms with Gasteiger partial charge in [-0.05, 0) is 30.5 Å². The highest BCUT2D eigenvalue weighted by atomic mass is 35.5. The summed E-state index contributed by atoms with van der Waals surface area (Å²) in [5.41, 5.74) is 7.27. The second-order valence-electron chi connectivity index (χ2n) is 5.36. The third-order valence-electron chi connectivity index (χ3n) is 4.29. The molecule has 0 saturated carbocycles. The van der Waals surface area contributed by atoms with Crippen LogP contribution >= 0.6 is 11.6 Å². The van der Waals surface area contributed by atoms with Gasteiger partial charge in [-0.2, -0.15) is 0 Å². The van der Waals surface area contributed by atoms with Crippen LogP contribution in [0.25, 0.3) is 0 Å². The average molecular weight is 310 g/mol. The molecule has 2 rings (SSSR count). The third-order valence-corrected chi connectivity index (χ3v) is 4.60. The van der Waals surface area contributed by atoms with Crippen molar-refractivity contribution in [1.29, 1.82) is 0 Å². The monoisotopic (exact) mass is 309 g/mol. The van der Waals surface area contributed by atoms with Gasteiger partial charge in [0.2, 0.25) is 11.8 Å². The van der Waals surface area contributed by atoms with Gasteiger partial charge in [-0.25, -0.2) is 0 Å². The first-order valence-electron chi connectivity index (χ1n) is 7.09. The number of fused-ring (bicyclic) bond motifs is 1. The molecule has 0 unspecified atom stereocenters. The number of carbonyl (C=O) groups is 2. The van der Waals surface area contributed by atoms with Gasteiger partial charge in [-0.15, -0.1) is 0 Å². The maximum absolute atomic E-state index is 12.5. The minimum Gasteiger partial charge on any atom is -0.329 e. The molecule has 2 amide bonds. The van der Waals surface area contributed by atoms with E-state index in [1.807, 2.05) is 13.8 Å². The molecule has 0 fully saturated rings. The Bertz CT molecular complexity index is 574. The summed E-state index contributed by atoms with van der Waals surface area (Å²) in [5.74, 6) is -0.197. The van der Waals surface area contributed by atoms with Crippen LogP contribution < -0.4 is 16.4 Å². The van der Waals surface area contributed by atoms with Crippen molar-refractivity contribution < 1.29 is 9.59 Å². The van der Waals surface area contributed by atoms with E-state index in [9.17, 15) is 9.59 Å². The van der Waals surface area contributed by atoms with Gasteiger partial charge < -0.3 is 16.4 Å². The lowest BCUT2D eigenvalue weighted by Gasteiger charge is -2.28. The zero-order valence-electron chi connectivity index (χ0n) is 12.3.